The first-order chi connectivity index (χ1) is 11.5. The van der Waals surface area contributed by atoms with Gasteiger partial charge in [0.15, 0.2) is 0 Å². The van der Waals surface area contributed by atoms with Gasteiger partial charge in [0, 0.05) is 25.9 Å². The predicted octanol–water partition coefficient (Wildman–Crippen LogP) is 2.70. The Balaban J connectivity index is 1.57. The number of piperidine rings is 1. The molecule has 0 bridgehead atoms. The number of fused-ring (bicyclic) bond motifs is 1. The van der Waals surface area contributed by atoms with Crippen molar-refractivity contribution in [2.24, 2.45) is 11.8 Å². The third-order valence-electron chi connectivity index (χ3n) is 4.80. The average molecular weight is 330 g/mol. The van der Waals surface area contributed by atoms with Gasteiger partial charge in [-0.2, -0.15) is 0 Å². The van der Waals surface area contributed by atoms with E-state index >= 15 is 0 Å². The van der Waals surface area contributed by atoms with Crippen LogP contribution >= 0.6 is 0 Å². The number of anilines is 1. The normalized spacial score (nSPS) is 23.4. The molecule has 0 spiro atoms. The van der Waals surface area contributed by atoms with Crippen LogP contribution < -0.4 is 9.64 Å². The third-order valence-corrected chi connectivity index (χ3v) is 4.80. The first kappa shape index (κ1) is 16.8. The molecule has 0 aromatic heterocycles. The second kappa shape index (κ2) is 7.24. The summed E-state index contributed by atoms with van der Waals surface area (Å²) < 4.78 is 5.58. The summed E-state index contributed by atoms with van der Waals surface area (Å²) in [6, 6.07) is 7.56. The lowest BCUT2D eigenvalue weighted by Crippen LogP contribution is -2.43. The van der Waals surface area contributed by atoms with E-state index in [0.717, 1.165) is 24.5 Å². The van der Waals surface area contributed by atoms with E-state index in [4.69, 9.17) is 4.74 Å². The van der Waals surface area contributed by atoms with Gasteiger partial charge in [0.25, 0.3) is 0 Å². The zero-order valence-electron chi connectivity index (χ0n) is 14.5. The first-order valence-corrected chi connectivity index (χ1v) is 8.84. The number of nitrogens with zero attached hydrogens (tertiary/aromatic N) is 2. The maximum Gasteiger partial charge on any atom is 0.227 e. The molecule has 2 amide bonds. The molecule has 1 aromatic rings. The summed E-state index contributed by atoms with van der Waals surface area (Å²) in [5, 5.41) is 0. The van der Waals surface area contributed by atoms with Crippen molar-refractivity contribution in [2.75, 3.05) is 31.1 Å². The van der Waals surface area contributed by atoms with Crippen molar-refractivity contribution < 1.29 is 14.3 Å². The van der Waals surface area contributed by atoms with Gasteiger partial charge in [-0.25, -0.2) is 0 Å². The van der Waals surface area contributed by atoms with Crippen molar-refractivity contribution in [3.8, 4) is 5.75 Å². The third kappa shape index (κ3) is 3.71. The molecular formula is C19H26N2O3. The minimum Gasteiger partial charge on any atom is -0.490 e. The van der Waals surface area contributed by atoms with Crippen molar-refractivity contribution in [3.05, 3.63) is 24.3 Å². The number of carbonyl (C=O) groups excluding carboxylic acids is 2. The number of benzene rings is 1. The van der Waals surface area contributed by atoms with Crippen molar-refractivity contribution in [1.29, 1.82) is 0 Å². The SMILES string of the molecule is C[C@@H]1C[C@H](C)CN(C(=O)CCC(=O)N2CCOc3ccccc32)C1. The van der Waals surface area contributed by atoms with Gasteiger partial charge < -0.3 is 14.5 Å². The highest BCUT2D eigenvalue weighted by Crippen LogP contribution is 2.31. The Hall–Kier alpha value is -2.04. The first-order valence-electron chi connectivity index (χ1n) is 8.84. The predicted molar refractivity (Wildman–Crippen MR) is 93.0 cm³/mol. The summed E-state index contributed by atoms with van der Waals surface area (Å²) in [6.45, 7) is 7.05. The van der Waals surface area contributed by atoms with Crippen LogP contribution in [0.15, 0.2) is 24.3 Å². The number of hydrogen-bond acceptors (Lipinski definition) is 3. The quantitative estimate of drug-likeness (QED) is 0.856. The monoisotopic (exact) mass is 330 g/mol. The standard InChI is InChI=1S/C19H26N2O3/c1-14-11-15(2)13-20(12-14)18(22)7-8-19(23)21-9-10-24-17-6-4-3-5-16(17)21/h3-6,14-15H,7-13H2,1-2H3/t14-,15+. The number of amides is 2. The Morgan fingerprint density at radius 2 is 1.75 bits per heavy atom. The summed E-state index contributed by atoms with van der Waals surface area (Å²) in [7, 11) is 0. The van der Waals surface area contributed by atoms with E-state index in [9.17, 15) is 9.59 Å². The lowest BCUT2D eigenvalue weighted by Gasteiger charge is -2.35. The van der Waals surface area contributed by atoms with Crippen LogP contribution in [-0.2, 0) is 9.59 Å². The van der Waals surface area contributed by atoms with Gasteiger partial charge in [0.2, 0.25) is 11.8 Å². The Morgan fingerprint density at radius 1 is 1.08 bits per heavy atom. The molecule has 0 unspecified atom stereocenters. The van der Waals surface area contributed by atoms with Gasteiger partial charge in [0.05, 0.1) is 12.2 Å². The van der Waals surface area contributed by atoms with E-state index in [1.54, 1.807) is 4.90 Å². The molecule has 2 atom stereocenters. The van der Waals surface area contributed by atoms with Gasteiger partial charge in [-0.1, -0.05) is 26.0 Å². The van der Waals surface area contributed by atoms with E-state index in [1.165, 1.54) is 6.42 Å². The van der Waals surface area contributed by atoms with E-state index in [1.807, 2.05) is 29.2 Å². The van der Waals surface area contributed by atoms with Crippen LogP contribution in [0.5, 0.6) is 5.75 Å². The Bertz CT molecular complexity index is 606. The summed E-state index contributed by atoms with van der Waals surface area (Å²) in [4.78, 5) is 28.7. The molecule has 24 heavy (non-hydrogen) atoms. The van der Waals surface area contributed by atoms with Crippen molar-refractivity contribution in [2.45, 2.75) is 33.1 Å². The maximum atomic E-state index is 12.6. The van der Waals surface area contributed by atoms with Crippen molar-refractivity contribution in [1.82, 2.24) is 4.90 Å². The number of rotatable bonds is 3. The molecule has 5 heteroatoms. The van der Waals surface area contributed by atoms with Crippen molar-refractivity contribution >= 4 is 17.5 Å². The number of hydrogen-bond donors (Lipinski definition) is 0. The number of likely N-dealkylation sites (tertiary alicyclic amines) is 1. The summed E-state index contributed by atoms with van der Waals surface area (Å²) in [6.07, 6.45) is 1.72. The van der Waals surface area contributed by atoms with Crippen LogP contribution in [0.4, 0.5) is 5.69 Å². The fourth-order valence-electron chi connectivity index (χ4n) is 3.80. The molecule has 1 saturated heterocycles. The Labute approximate surface area is 143 Å². The van der Waals surface area contributed by atoms with Gasteiger partial charge in [-0.3, -0.25) is 9.59 Å². The molecule has 1 fully saturated rings. The summed E-state index contributed by atoms with van der Waals surface area (Å²) in [5.74, 6) is 1.92. The van der Waals surface area contributed by atoms with Gasteiger partial charge >= 0.3 is 0 Å². The van der Waals surface area contributed by atoms with Crippen LogP contribution in [0.1, 0.15) is 33.1 Å². The van der Waals surface area contributed by atoms with Crippen LogP contribution in [0, 0.1) is 11.8 Å². The second-order valence-electron chi connectivity index (χ2n) is 7.11. The lowest BCUT2D eigenvalue weighted by molar-refractivity contribution is -0.135. The molecule has 1 aromatic carbocycles. The van der Waals surface area contributed by atoms with Gasteiger partial charge in [0.1, 0.15) is 12.4 Å². The molecule has 2 aliphatic rings. The highest BCUT2D eigenvalue weighted by molar-refractivity contribution is 5.97. The van der Waals surface area contributed by atoms with E-state index in [0.29, 0.717) is 25.0 Å². The summed E-state index contributed by atoms with van der Waals surface area (Å²) >= 11 is 0. The van der Waals surface area contributed by atoms with Crippen LogP contribution in [0.2, 0.25) is 0 Å². The molecule has 2 heterocycles. The van der Waals surface area contributed by atoms with Crippen LogP contribution in [-0.4, -0.2) is 43.0 Å². The Morgan fingerprint density at radius 3 is 2.50 bits per heavy atom. The highest BCUT2D eigenvalue weighted by Gasteiger charge is 2.27. The molecule has 0 aliphatic carbocycles. The van der Waals surface area contributed by atoms with Crippen LogP contribution in [0.25, 0.3) is 0 Å². The summed E-state index contributed by atoms with van der Waals surface area (Å²) in [5.41, 5.74) is 0.807. The molecule has 2 aliphatic heterocycles. The molecular weight excluding hydrogens is 304 g/mol. The van der Waals surface area contributed by atoms with Gasteiger partial charge in [-0.05, 0) is 30.4 Å². The molecule has 0 saturated carbocycles. The number of para-hydroxylation sites is 2. The zero-order chi connectivity index (χ0) is 17.1. The minimum absolute atomic E-state index is 0.00259. The highest BCUT2D eigenvalue weighted by atomic mass is 16.5. The minimum atomic E-state index is -0.00259. The number of carbonyl (C=O) groups is 2. The molecule has 130 valence electrons. The Kier molecular flexibility index (Phi) is 5.07. The van der Waals surface area contributed by atoms with E-state index < -0.39 is 0 Å². The topological polar surface area (TPSA) is 49.9 Å². The molecule has 3 rings (SSSR count). The fourth-order valence-corrected chi connectivity index (χ4v) is 3.80. The molecule has 0 N–H and O–H groups in total. The average Bonchev–Trinajstić information content (AvgIpc) is 2.58. The zero-order valence-corrected chi connectivity index (χ0v) is 14.5. The van der Waals surface area contributed by atoms with Crippen LogP contribution in [0.3, 0.4) is 0 Å². The van der Waals surface area contributed by atoms with E-state index in [-0.39, 0.29) is 24.7 Å². The van der Waals surface area contributed by atoms with Crippen molar-refractivity contribution in [3.63, 3.8) is 0 Å². The smallest absolute Gasteiger partial charge is 0.227 e. The maximum absolute atomic E-state index is 12.6. The molecule has 5 nitrogen and oxygen atoms in total. The number of ether oxygens (including phenoxy) is 1. The van der Waals surface area contributed by atoms with Gasteiger partial charge in [-0.15, -0.1) is 0 Å². The lowest BCUT2D eigenvalue weighted by atomic mass is 9.91. The fraction of sp³-hybridized carbons (Fsp3) is 0.579. The van der Waals surface area contributed by atoms with E-state index in [2.05, 4.69) is 13.8 Å². The molecule has 0 radical (unpaired) electrons. The largest absolute Gasteiger partial charge is 0.490 e. The second-order valence-corrected chi connectivity index (χ2v) is 7.11.